The van der Waals surface area contributed by atoms with Crippen molar-refractivity contribution in [3.05, 3.63) is 0 Å². The first-order valence-electron chi connectivity index (χ1n) is 7.23. The standard InChI is InChI=1S/C14H26N2O/c1-4-10(3)13-14(17)16(12(5-2)15-13)9-8-11-6-7-11/h10-13,15H,4-9H2,1-3H3. The molecule has 1 saturated carbocycles. The molecule has 1 heterocycles. The smallest absolute Gasteiger partial charge is 0.241 e. The van der Waals surface area contributed by atoms with E-state index in [1.165, 1.54) is 19.3 Å². The van der Waals surface area contributed by atoms with E-state index in [1.54, 1.807) is 0 Å². The normalized spacial score (nSPS) is 31.0. The molecule has 3 nitrogen and oxygen atoms in total. The molecule has 1 amide bonds. The molecule has 0 aromatic carbocycles. The van der Waals surface area contributed by atoms with Crippen LogP contribution < -0.4 is 5.32 Å². The van der Waals surface area contributed by atoms with E-state index < -0.39 is 0 Å². The van der Waals surface area contributed by atoms with Gasteiger partial charge in [-0.25, -0.2) is 0 Å². The third-order valence-electron chi connectivity index (χ3n) is 4.37. The number of hydrogen-bond acceptors (Lipinski definition) is 2. The maximum atomic E-state index is 12.4. The summed E-state index contributed by atoms with van der Waals surface area (Å²) >= 11 is 0. The summed E-state index contributed by atoms with van der Waals surface area (Å²) in [7, 11) is 0. The zero-order valence-corrected chi connectivity index (χ0v) is 11.4. The average Bonchev–Trinajstić information content (AvgIpc) is 3.11. The highest BCUT2D eigenvalue weighted by Gasteiger charge is 2.40. The molecule has 1 N–H and O–H groups in total. The summed E-state index contributed by atoms with van der Waals surface area (Å²) in [5.74, 6) is 1.69. The molecule has 2 fully saturated rings. The van der Waals surface area contributed by atoms with E-state index in [-0.39, 0.29) is 12.2 Å². The Labute approximate surface area is 105 Å². The summed E-state index contributed by atoms with van der Waals surface area (Å²) in [5, 5.41) is 3.51. The first kappa shape index (κ1) is 12.9. The van der Waals surface area contributed by atoms with Crippen molar-refractivity contribution >= 4 is 5.91 Å². The average molecular weight is 238 g/mol. The fourth-order valence-corrected chi connectivity index (χ4v) is 2.68. The largest absolute Gasteiger partial charge is 0.326 e. The van der Waals surface area contributed by atoms with Gasteiger partial charge in [0.1, 0.15) is 0 Å². The molecule has 3 heteroatoms. The van der Waals surface area contributed by atoms with Crippen LogP contribution in [-0.2, 0) is 4.79 Å². The second-order valence-corrected chi connectivity index (χ2v) is 5.72. The monoisotopic (exact) mass is 238 g/mol. The van der Waals surface area contributed by atoms with Gasteiger partial charge in [-0.2, -0.15) is 0 Å². The quantitative estimate of drug-likeness (QED) is 0.770. The molecular weight excluding hydrogens is 212 g/mol. The Kier molecular flexibility index (Phi) is 4.08. The van der Waals surface area contributed by atoms with Crippen molar-refractivity contribution < 1.29 is 4.79 Å². The van der Waals surface area contributed by atoms with Crippen LogP contribution in [0.4, 0.5) is 0 Å². The van der Waals surface area contributed by atoms with Gasteiger partial charge < -0.3 is 4.90 Å². The number of carbonyl (C=O) groups excluding carboxylic acids is 1. The molecule has 2 rings (SSSR count). The van der Waals surface area contributed by atoms with Crippen molar-refractivity contribution in [2.45, 2.75) is 65.1 Å². The highest BCUT2D eigenvalue weighted by atomic mass is 16.2. The van der Waals surface area contributed by atoms with Crippen molar-refractivity contribution in [3.63, 3.8) is 0 Å². The molecule has 1 saturated heterocycles. The molecule has 1 aliphatic heterocycles. The summed E-state index contributed by atoms with van der Waals surface area (Å²) in [5.41, 5.74) is 0. The number of nitrogens with zero attached hydrogens (tertiary/aromatic N) is 1. The number of nitrogens with one attached hydrogen (secondary N) is 1. The minimum atomic E-state index is 0.0594. The Morgan fingerprint density at radius 2 is 2.12 bits per heavy atom. The van der Waals surface area contributed by atoms with Gasteiger partial charge in [0.05, 0.1) is 12.2 Å². The zero-order valence-electron chi connectivity index (χ0n) is 11.4. The van der Waals surface area contributed by atoms with Crippen LogP contribution in [0.1, 0.15) is 52.9 Å². The lowest BCUT2D eigenvalue weighted by Gasteiger charge is -2.22. The molecule has 2 aliphatic rings. The van der Waals surface area contributed by atoms with E-state index in [4.69, 9.17) is 0 Å². The van der Waals surface area contributed by atoms with E-state index in [0.717, 1.165) is 25.3 Å². The van der Waals surface area contributed by atoms with Crippen LogP contribution in [0.15, 0.2) is 0 Å². The van der Waals surface area contributed by atoms with Gasteiger partial charge in [0.2, 0.25) is 5.91 Å². The van der Waals surface area contributed by atoms with Gasteiger partial charge >= 0.3 is 0 Å². The zero-order chi connectivity index (χ0) is 12.4. The second-order valence-electron chi connectivity index (χ2n) is 5.72. The third kappa shape index (κ3) is 2.82. The van der Waals surface area contributed by atoms with E-state index in [2.05, 4.69) is 31.0 Å². The van der Waals surface area contributed by atoms with Crippen LogP contribution in [0, 0.1) is 11.8 Å². The molecule has 0 spiro atoms. The highest BCUT2D eigenvalue weighted by Crippen LogP contribution is 2.33. The Morgan fingerprint density at radius 3 is 2.65 bits per heavy atom. The van der Waals surface area contributed by atoms with Gasteiger partial charge in [0.15, 0.2) is 0 Å². The van der Waals surface area contributed by atoms with Crippen LogP contribution in [0.2, 0.25) is 0 Å². The fraction of sp³-hybridized carbons (Fsp3) is 0.929. The summed E-state index contributed by atoms with van der Waals surface area (Å²) in [4.78, 5) is 14.5. The third-order valence-corrected chi connectivity index (χ3v) is 4.37. The van der Waals surface area contributed by atoms with Gasteiger partial charge in [-0.15, -0.1) is 0 Å². The van der Waals surface area contributed by atoms with E-state index in [9.17, 15) is 4.79 Å². The lowest BCUT2D eigenvalue weighted by atomic mass is 9.99. The second kappa shape index (κ2) is 5.38. The summed E-state index contributed by atoms with van der Waals surface area (Å²) in [6.45, 7) is 7.45. The van der Waals surface area contributed by atoms with Crippen molar-refractivity contribution in [2.75, 3.05) is 6.54 Å². The Bertz CT molecular complexity index is 275. The predicted molar refractivity (Wildman–Crippen MR) is 69.5 cm³/mol. The molecule has 0 bridgehead atoms. The van der Waals surface area contributed by atoms with Crippen molar-refractivity contribution in [3.8, 4) is 0 Å². The number of rotatable bonds is 6. The number of hydrogen-bond donors (Lipinski definition) is 1. The van der Waals surface area contributed by atoms with Crippen molar-refractivity contribution in [1.29, 1.82) is 0 Å². The molecule has 3 unspecified atom stereocenters. The van der Waals surface area contributed by atoms with E-state index in [0.29, 0.717) is 11.8 Å². The highest BCUT2D eigenvalue weighted by molar-refractivity contribution is 5.84. The summed E-state index contributed by atoms with van der Waals surface area (Å²) < 4.78 is 0. The van der Waals surface area contributed by atoms with E-state index >= 15 is 0 Å². The summed E-state index contributed by atoms with van der Waals surface area (Å²) in [6.07, 6.45) is 6.32. The molecule has 0 radical (unpaired) electrons. The molecule has 98 valence electrons. The Hall–Kier alpha value is -0.570. The first-order valence-corrected chi connectivity index (χ1v) is 7.23. The van der Waals surface area contributed by atoms with Gasteiger partial charge in [-0.05, 0) is 24.7 Å². The van der Waals surface area contributed by atoms with Gasteiger partial charge in [-0.3, -0.25) is 10.1 Å². The molecular formula is C14H26N2O. The first-order chi connectivity index (χ1) is 8.17. The van der Waals surface area contributed by atoms with Crippen LogP contribution in [0.3, 0.4) is 0 Å². The Morgan fingerprint density at radius 1 is 1.41 bits per heavy atom. The van der Waals surface area contributed by atoms with Crippen molar-refractivity contribution in [1.82, 2.24) is 10.2 Å². The maximum Gasteiger partial charge on any atom is 0.241 e. The molecule has 17 heavy (non-hydrogen) atoms. The lowest BCUT2D eigenvalue weighted by Crippen LogP contribution is -2.37. The fourth-order valence-electron chi connectivity index (χ4n) is 2.68. The lowest BCUT2D eigenvalue weighted by molar-refractivity contribution is -0.131. The molecule has 1 aliphatic carbocycles. The van der Waals surface area contributed by atoms with Crippen LogP contribution in [-0.4, -0.2) is 29.6 Å². The van der Waals surface area contributed by atoms with Gasteiger partial charge in [-0.1, -0.05) is 40.0 Å². The van der Waals surface area contributed by atoms with E-state index in [1.807, 2.05) is 0 Å². The number of amides is 1. The minimum Gasteiger partial charge on any atom is -0.326 e. The topological polar surface area (TPSA) is 32.3 Å². The Balaban J connectivity index is 1.94. The predicted octanol–water partition coefficient (Wildman–Crippen LogP) is 2.37. The number of carbonyl (C=O) groups is 1. The van der Waals surface area contributed by atoms with Crippen LogP contribution in [0.25, 0.3) is 0 Å². The summed E-state index contributed by atoms with van der Waals surface area (Å²) in [6, 6.07) is 0.0594. The van der Waals surface area contributed by atoms with Crippen LogP contribution >= 0.6 is 0 Å². The minimum absolute atomic E-state index is 0.0594. The van der Waals surface area contributed by atoms with Crippen LogP contribution in [0.5, 0.6) is 0 Å². The van der Waals surface area contributed by atoms with Gasteiger partial charge in [0, 0.05) is 6.54 Å². The van der Waals surface area contributed by atoms with Gasteiger partial charge in [0.25, 0.3) is 0 Å². The molecule has 0 aromatic rings. The molecule has 3 atom stereocenters. The molecule has 0 aromatic heterocycles. The maximum absolute atomic E-state index is 12.4. The van der Waals surface area contributed by atoms with Crippen molar-refractivity contribution in [2.24, 2.45) is 11.8 Å². The SMILES string of the molecule is CCC(C)C1NC(CC)N(CCC2CC2)C1=O.